The Bertz CT molecular complexity index is 355. The summed E-state index contributed by atoms with van der Waals surface area (Å²) in [5.74, 6) is 0. The summed E-state index contributed by atoms with van der Waals surface area (Å²) in [6.07, 6.45) is 9.41. The van der Waals surface area contributed by atoms with E-state index in [1.54, 1.807) is 12.5 Å². The number of pyridine rings is 1. The maximum absolute atomic E-state index is 5.44. The first-order valence-electron chi connectivity index (χ1n) is 4.28. The lowest BCUT2D eigenvalue weighted by Crippen LogP contribution is -2.02. The van der Waals surface area contributed by atoms with Gasteiger partial charge in [0.25, 0.3) is 0 Å². The molecule has 1 aromatic rings. The van der Waals surface area contributed by atoms with Crippen molar-refractivity contribution in [2.75, 3.05) is 0 Å². The molecule has 0 N–H and O–H groups in total. The van der Waals surface area contributed by atoms with Gasteiger partial charge >= 0.3 is 0 Å². The van der Waals surface area contributed by atoms with Crippen molar-refractivity contribution in [1.82, 2.24) is 4.98 Å². The molecule has 0 aliphatic carbocycles. The first-order valence-corrected chi connectivity index (χ1v) is 4.28. The van der Waals surface area contributed by atoms with Crippen LogP contribution in [-0.2, 0) is 4.74 Å². The average Bonchev–Trinajstić information content (AvgIpc) is 2.20. The van der Waals surface area contributed by atoms with Gasteiger partial charge in [0.15, 0.2) is 0 Å². The maximum Gasteiger partial charge on any atom is 0.143 e. The van der Waals surface area contributed by atoms with Gasteiger partial charge in [0.1, 0.15) is 6.10 Å². The molecule has 2 heteroatoms. The van der Waals surface area contributed by atoms with Crippen LogP contribution in [0.4, 0.5) is 0 Å². The fraction of sp³-hybridized carbons (Fsp3) is 0.182. The van der Waals surface area contributed by atoms with Gasteiger partial charge in [-0.1, -0.05) is 12.1 Å². The van der Waals surface area contributed by atoms with Gasteiger partial charge in [0, 0.05) is 17.5 Å². The summed E-state index contributed by atoms with van der Waals surface area (Å²) < 4.78 is 5.44. The van der Waals surface area contributed by atoms with E-state index in [1.165, 1.54) is 0 Å². The summed E-state index contributed by atoms with van der Waals surface area (Å²) in [5.41, 5.74) is 2.15. The second kappa shape index (κ2) is 3.44. The summed E-state index contributed by atoms with van der Waals surface area (Å²) in [7, 11) is 0. The van der Waals surface area contributed by atoms with Gasteiger partial charge < -0.3 is 4.74 Å². The molecular weight excluding hydrogens is 162 g/mol. The summed E-state index contributed by atoms with van der Waals surface area (Å²) in [6.45, 7) is 1.99. The summed E-state index contributed by atoms with van der Waals surface area (Å²) >= 11 is 0. The third-order valence-electron chi connectivity index (χ3n) is 2.06. The van der Waals surface area contributed by atoms with Crippen molar-refractivity contribution >= 4 is 0 Å². The van der Waals surface area contributed by atoms with E-state index in [-0.39, 0.29) is 6.10 Å². The van der Waals surface area contributed by atoms with Crippen molar-refractivity contribution < 1.29 is 4.74 Å². The van der Waals surface area contributed by atoms with E-state index in [9.17, 15) is 0 Å². The number of hydrogen-bond acceptors (Lipinski definition) is 2. The highest BCUT2D eigenvalue weighted by atomic mass is 16.5. The van der Waals surface area contributed by atoms with E-state index < -0.39 is 0 Å². The molecule has 1 aromatic heterocycles. The van der Waals surface area contributed by atoms with E-state index in [2.05, 4.69) is 4.98 Å². The third kappa shape index (κ3) is 1.61. The zero-order valence-corrected chi connectivity index (χ0v) is 7.47. The largest absolute Gasteiger partial charge is 0.489 e. The molecule has 13 heavy (non-hydrogen) atoms. The highest BCUT2D eigenvalue weighted by Crippen LogP contribution is 2.23. The molecule has 1 atom stereocenters. The number of rotatable bonds is 1. The van der Waals surface area contributed by atoms with Gasteiger partial charge in [0.05, 0.1) is 6.26 Å². The molecule has 1 unspecified atom stereocenters. The number of ether oxygens (including phenoxy) is 1. The fourth-order valence-electron chi connectivity index (χ4n) is 1.36. The minimum absolute atomic E-state index is 0.0266. The molecule has 0 radical (unpaired) electrons. The minimum Gasteiger partial charge on any atom is -0.489 e. The molecule has 66 valence electrons. The molecule has 1 aliphatic heterocycles. The maximum atomic E-state index is 5.44. The molecule has 2 heterocycles. The van der Waals surface area contributed by atoms with Crippen LogP contribution in [0.25, 0.3) is 0 Å². The Hall–Kier alpha value is -1.57. The number of aryl methyl sites for hydroxylation is 1. The van der Waals surface area contributed by atoms with Crippen LogP contribution < -0.4 is 0 Å². The van der Waals surface area contributed by atoms with E-state index >= 15 is 0 Å². The van der Waals surface area contributed by atoms with Crippen molar-refractivity contribution in [2.24, 2.45) is 0 Å². The van der Waals surface area contributed by atoms with E-state index in [4.69, 9.17) is 4.74 Å². The molecule has 0 bridgehead atoms. The van der Waals surface area contributed by atoms with Crippen molar-refractivity contribution in [3.63, 3.8) is 0 Å². The Kier molecular flexibility index (Phi) is 2.13. The molecule has 0 fully saturated rings. The summed E-state index contributed by atoms with van der Waals surface area (Å²) in [5, 5.41) is 0. The summed E-state index contributed by atoms with van der Waals surface area (Å²) in [4.78, 5) is 4.22. The van der Waals surface area contributed by atoms with Gasteiger partial charge in [-0.3, -0.25) is 4.98 Å². The molecule has 0 saturated heterocycles. The standard InChI is InChI=1S/C11H11NO/c1-9-10(5-4-7-12-9)11-6-2-3-8-13-11/h2-8,11H,1H3. The van der Waals surface area contributed by atoms with Crippen LogP contribution in [0, 0.1) is 6.92 Å². The highest BCUT2D eigenvalue weighted by molar-refractivity contribution is 5.27. The number of nitrogens with zero attached hydrogens (tertiary/aromatic N) is 1. The Balaban J connectivity index is 2.30. The molecule has 2 rings (SSSR count). The Labute approximate surface area is 77.6 Å². The SMILES string of the molecule is Cc1ncccc1C1C=CC=CO1. The second-order valence-electron chi connectivity index (χ2n) is 2.95. The van der Waals surface area contributed by atoms with E-state index in [0.717, 1.165) is 11.3 Å². The fourth-order valence-corrected chi connectivity index (χ4v) is 1.36. The van der Waals surface area contributed by atoms with Crippen molar-refractivity contribution in [2.45, 2.75) is 13.0 Å². The topological polar surface area (TPSA) is 22.1 Å². The highest BCUT2D eigenvalue weighted by Gasteiger charge is 2.11. The van der Waals surface area contributed by atoms with Crippen LogP contribution in [0.3, 0.4) is 0 Å². The predicted molar refractivity (Wildman–Crippen MR) is 51.1 cm³/mol. The Morgan fingerprint density at radius 2 is 2.31 bits per heavy atom. The number of aromatic nitrogens is 1. The van der Waals surface area contributed by atoms with Crippen LogP contribution in [-0.4, -0.2) is 4.98 Å². The Morgan fingerprint density at radius 3 is 3.00 bits per heavy atom. The zero-order chi connectivity index (χ0) is 9.10. The molecule has 0 amide bonds. The number of hydrogen-bond donors (Lipinski definition) is 0. The van der Waals surface area contributed by atoms with Crippen LogP contribution in [0.15, 0.2) is 42.8 Å². The van der Waals surface area contributed by atoms with Gasteiger partial charge in [-0.15, -0.1) is 0 Å². The van der Waals surface area contributed by atoms with Gasteiger partial charge in [-0.2, -0.15) is 0 Å². The number of allylic oxidation sites excluding steroid dienone is 2. The molecular formula is C11H11NO. The quantitative estimate of drug-likeness (QED) is 0.651. The molecule has 0 aromatic carbocycles. The summed E-state index contributed by atoms with van der Waals surface area (Å²) in [6, 6.07) is 3.97. The van der Waals surface area contributed by atoms with Crippen molar-refractivity contribution in [3.05, 3.63) is 54.1 Å². The second-order valence-corrected chi connectivity index (χ2v) is 2.95. The molecule has 1 aliphatic rings. The van der Waals surface area contributed by atoms with Crippen LogP contribution in [0.5, 0.6) is 0 Å². The zero-order valence-electron chi connectivity index (χ0n) is 7.47. The van der Waals surface area contributed by atoms with E-state index in [1.807, 2.05) is 37.3 Å². The Morgan fingerprint density at radius 1 is 1.38 bits per heavy atom. The van der Waals surface area contributed by atoms with Crippen LogP contribution in [0.2, 0.25) is 0 Å². The smallest absolute Gasteiger partial charge is 0.143 e. The lowest BCUT2D eigenvalue weighted by atomic mass is 10.1. The third-order valence-corrected chi connectivity index (χ3v) is 2.06. The monoisotopic (exact) mass is 173 g/mol. The minimum atomic E-state index is 0.0266. The first-order chi connectivity index (χ1) is 6.38. The van der Waals surface area contributed by atoms with Crippen LogP contribution >= 0.6 is 0 Å². The predicted octanol–water partition coefficient (Wildman–Crippen LogP) is 2.53. The normalized spacial score (nSPS) is 19.9. The van der Waals surface area contributed by atoms with Gasteiger partial charge in [-0.25, -0.2) is 0 Å². The first kappa shape index (κ1) is 8.05. The lowest BCUT2D eigenvalue weighted by Gasteiger charge is -2.16. The average molecular weight is 173 g/mol. The molecule has 2 nitrogen and oxygen atoms in total. The van der Waals surface area contributed by atoms with Crippen molar-refractivity contribution in [1.29, 1.82) is 0 Å². The molecule has 0 spiro atoms. The van der Waals surface area contributed by atoms with Crippen LogP contribution in [0.1, 0.15) is 17.4 Å². The lowest BCUT2D eigenvalue weighted by molar-refractivity contribution is 0.185. The van der Waals surface area contributed by atoms with Gasteiger partial charge in [0.2, 0.25) is 0 Å². The van der Waals surface area contributed by atoms with Crippen molar-refractivity contribution in [3.8, 4) is 0 Å². The van der Waals surface area contributed by atoms with Gasteiger partial charge in [-0.05, 0) is 25.1 Å². The molecule has 0 saturated carbocycles. The van der Waals surface area contributed by atoms with E-state index in [0.29, 0.717) is 0 Å².